The molecule has 2 rings (SSSR count). The Morgan fingerprint density at radius 1 is 1.28 bits per heavy atom. The van der Waals surface area contributed by atoms with Crippen LogP contribution >= 0.6 is 0 Å². The quantitative estimate of drug-likeness (QED) is 0.606. The van der Waals surface area contributed by atoms with Crippen molar-refractivity contribution in [3.8, 4) is 0 Å². The highest BCUT2D eigenvalue weighted by Crippen LogP contribution is 2.13. The Morgan fingerprint density at radius 2 is 2.00 bits per heavy atom. The average molecular weight is 345 g/mol. The van der Waals surface area contributed by atoms with Gasteiger partial charge < -0.3 is 20.4 Å². The summed E-state index contributed by atoms with van der Waals surface area (Å²) in [7, 11) is 5.70. The molecular weight excluding hydrogens is 314 g/mol. The van der Waals surface area contributed by atoms with Crippen molar-refractivity contribution < 1.29 is 4.79 Å². The molecule has 0 spiro atoms. The molecule has 138 valence electrons. The maximum Gasteiger partial charge on any atom is 0.253 e. The van der Waals surface area contributed by atoms with Gasteiger partial charge in [0, 0.05) is 38.8 Å². The summed E-state index contributed by atoms with van der Waals surface area (Å²) in [4.78, 5) is 20.6. The van der Waals surface area contributed by atoms with Crippen LogP contribution in [0.3, 0.4) is 0 Å². The number of aliphatic imine (C=N–C) groups is 1. The number of benzene rings is 1. The van der Waals surface area contributed by atoms with Crippen LogP contribution in [0, 0.1) is 0 Å². The van der Waals surface area contributed by atoms with Crippen molar-refractivity contribution in [1.29, 1.82) is 0 Å². The van der Waals surface area contributed by atoms with Crippen LogP contribution in [0.1, 0.15) is 35.7 Å². The van der Waals surface area contributed by atoms with Crippen LogP contribution in [-0.4, -0.2) is 68.5 Å². The summed E-state index contributed by atoms with van der Waals surface area (Å²) < 4.78 is 0. The smallest absolute Gasteiger partial charge is 0.253 e. The van der Waals surface area contributed by atoms with Gasteiger partial charge >= 0.3 is 0 Å². The van der Waals surface area contributed by atoms with E-state index in [9.17, 15) is 4.79 Å². The number of rotatable bonds is 6. The molecular formula is C19H31N5O. The van der Waals surface area contributed by atoms with Crippen LogP contribution in [0.25, 0.3) is 0 Å². The zero-order valence-electron chi connectivity index (χ0n) is 15.9. The number of likely N-dealkylation sites (N-methyl/N-ethyl adjacent to an activating group) is 1. The van der Waals surface area contributed by atoms with Gasteiger partial charge in [-0.15, -0.1) is 0 Å². The largest absolute Gasteiger partial charge is 0.357 e. The van der Waals surface area contributed by atoms with E-state index in [0.29, 0.717) is 18.2 Å². The van der Waals surface area contributed by atoms with Gasteiger partial charge in [-0.25, -0.2) is 4.99 Å². The zero-order chi connectivity index (χ0) is 18.2. The molecule has 6 heteroatoms. The van der Waals surface area contributed by atoms with Crippen LogP contribution in [-0.2, 0) is 6.54 Å². The molecule has 0 aromatic heterocycles. The lowest BCUT2D eigenvalue weighted by Gasteiger charge is -2.21. The molecule has 1 aliphatic heterocycles. The second kappa shape index (κ2) is 9.42. The fourth-order valence-electron chi connectivity index (χ4n) is 2.97. The predicted octanol–water partition coefficient (Wildman–Crippen LogP) is 1.54. The number of carbonyl (C=O) groups is 1. The summed E-state index contributed by atoms with van der Waals surface area (Å²) in [6.07, 6.45) is 2.51. The standard InChI is InChI=1S/C19H31N5O/c1-5-20-19(22-14-17-7-6-12-24(17)4)21-13-15-8-10-16(11-9-15)18(25)23(2)3/h8-11,17H,5-7,12-14H2,1-4H3,(H2,20,21,22). The highest BCUT2D eigenvalue weighted by Gasteiger charge is 2.20. The lowest BCUT2D eigenvalue weighted by molar-refractivity contribution is 0.0827. The van der Waals surface area contributed by atoms with Gasteiger partial charge in [0.15, 0.2) is 5.96 Å². The number of nitrogens with zero attached hydrogens (tertiary/aromatic N) is 3. The number of guanidine groups is 1. The van der Waals surface area contributed by atoms with Crippen molar-refractivity contribution in [2.24, 2.45) is 4.99 Å². The number of carbonyl (C=O) groups excluding carboxylic acids is 1. The van der Waals surface area contributed by atoms with Gasteiger partial charge in [0.1, 0.15) is 0 Å². The van der Waals surface area contributed by atoms with Crippen molar-refractivity contribution in [2.75, 3.05) is 40.8 Å². The average Bonchev–Trinajstić information content (AvgIpc) is 3.02. The molecule has 1 amide bonds. The minimum Gasteiger partial charge on any atom is -0.357 e. The van der Waals surface area contributed by atoms with E-state index in [2.05, 4.69) is 34.5 Å². The molecule has 0 radical (unpaired) electrons. The van der Waals surface area contributed by atoms with E-state index in [4.69, 9.17) is 0 Å². The maximum atomic E-state index is 11.9. The van der Waals surface area contributed by atoms with Crippen LogP contribution in [0.2, 0.25) is 0 Å². The number of nitrogens with one attached hydrogen (secondary N) is 2. The van der Waals surface area contributed by atoms with Crippen molar-refractivity contribution >= 4 is 11.9 Å². The fourth-order valence-corrected chi connectivity index (χ4v) is 2.97. The Labute approximate surface area is 151 Å². The van der Waals surface area contributed by atoms with Gasteiger partial charge in [0.2, 0.25) is 0 Å². The normalized spacial score (nSPS) is 18.2. The van der Waals surface area contributed by atoms with Crippen molar-refractivity contribution in [3.63, 3.8) is 0 Å². The first-order chi connectivity index (χ1) is 12.0. The van der Waals surface area contributed by atoms with E-state index in [-0.39, 0.29) is 5.91 Å². The highest BCUT2D eigenvalue weighted by atomic mass is 16.2. The maximum absolute atomic E-state index is 11.9. The van der Waals surface area contributed by atoms with E-state index < -0.39 is 0 Å². The van der Waals surface area contributed by atoms with E-state index in [1.165, 1.54) is 19.4 Å². The molecule has 1 aromatic carbocycles. The van der Waals surface area contributed by atoms with E-state index >= 15 is 0 Å². The molecule has 25 heavy (non-hydrogen) atoms. The minimum absolute atomic E-state index is 0.0192. The molecule has 1 aliphatic rings. The van der Waals surface area contributed by atoms with Crippen LogP contribution in [0.5, 0.6) is 0 Å². The van der Waals surface area contributed by atoms with Gasteiger partial charge in [-0.05, 0) is 51.1 Å². The molecule has 1 heterocycles. The van der Waals surface area contributed by atoms with E-state index in [0.717, 1.165) is 24.6 Å². The first-order valence-electron chi connectivity index (χ1n) is 9.04. The third-order valence-electron chi connectivity index (χ3n) is 4.55. The van der Waals surface area contributed by atoms with Crippen molar-refractivity contribution in [1.82, 2.24) is 20.4 Å². The number of hydrogen-bond donors (Lipinski definition) is 2. The van der Waals surface area contributed by atoms with Crippen LogP contribution in [0.4, 0.5) is 0 Å². The lowest BCUT2D eigenvalue weighted by Crippen LogP contribution is -2.44. The minimum atomic E-state index is 0.0192. The Hall–Kier alpha value is -2.08. The van der Waals surface area contributed by atoms with Crippen molar-refractivity contribution in [3.05, 3.63) is 35.4 Å². The lowest BCUT2D eigenvalue weighted by atomic mass is 10.1. The summed E-state index contributed by atoms with van der Waals surface area (Å²) in [6, 6.07) is 8.24. The van der Waals surface area contributed by atoms with Crippen LogP contribution in [0.15, 0.2) is 29.3 Å². The SMILES string of the molecule is CCNC(=NCc1ccc(C(=O)N(C)C)cc1)NCC1CCCN1C. The molecule has 1 aromatic rings. The summed E-state index contributed by atoms with van der Waals surface area (Å²) in [5.41, 5.74) is 1.79. The Bertz CT molecular complexity index is 582. The molecule has 1 atom stereocenters. The predicted molar refractivity (Wildman–Crippen MR) is 103 cm³/mol. The molecule has 1 fully saturated rings. The van der Waals surface area contributed by atoms with E-state index in [1.54, 1.807) is 19.0 Å². The number of likely N-dealkylation sites (tertiary alicyclic amines) is 1. The summed E-state index contributed by atoms with van der Waals surface area (Å²) in [5.74, 6) is 0.863. The third kappa shape index (κ3) is 5.74. The van der Waals surface area contributed by atoms with E-state index in [1.807, 2.05) is 24.3 Å². The van der Waals surface area contributed by atoms with Gasteiger partial charge in [0.05, 0.1) is 6.54 Å². The molecule has 0 aliphatic carbocycles. The van der Waals surface area contributed by atoms with Gasteiger partial charge in [-0.3, -0.25) is 4.79 Å². The molecule has 1 saturated heterocycles. The highest BCUT2D eigenvalue weighted by molar-refractivity contribution is 5.93. The van der Waals surface area contributed by atoms with Crippen molar-refractivity contribution in [2.45, 2.75) is 32.4 Å². The van der Waals surface area contributed by atoms with Gasteiger partial charge in [-0.1, -0.05) is 12.1 Å². The monoisotopic (exact) mass is 345 g/mol. The number of hydrogen-bond acceptors (Lipinski definition) is 3. The first-order valence-corrected chi connectivity index (χ1v) is 9.04. The Morgan fingerprint density at radius 3 is 2.56 bits per heavy atom. The molecule has 0 saturated carbocycles. The molecule has 6 nitrogen and oxygen atoms in total. The van der Waals surface area contributed by atoms with Gasteiger partial charge in [-0.2, -0.15) is 0 Å². The first kappa shape index (κ1) is 19.2. The topological polar surface area (TPSA) is 60.0 Å². The van der Waals surface area contributed by atoms with Gasteiger partial charge in [0.25, 0.3) is 5.91 Å². The third-order valence-corrected chi connectivity index (χ3v) is 4.55. The van der Waals surface area contributed by atoms with Crippen LogP contribution < -0.4 is 10.6 Å². The molecule has 0 bridgehead atoms. The second-order valence-corrected chi connectivity index (χ2v) is 6.75. The Kier molecular flexibility index (Phi) is 7.25. The fraction of sp³-hybridized carbons (Fsp3) is 0.579. The summed E-state index contributed by atoms with van der Waals surface area (Å²) in [5, 5.41) is 6.74. The zero-order valence-corrected chi connectivity index (χ0v) is 15.9. The molecule has 2 N–H and O–H groups in total. The summed E-state index contributed by atoms with van der Waals surface area (Å²) >= 11 is 0. The second-order valence-electron chi connectivity index (χ2n) is 6.75. The Balaban J connectivity index is 1.92. The molecule has 1 unspecified atom stereocenters. The number of amides is 1. The summed E-state index contributed by atoms with van der Waals surface area (Å²) in [6.45, 7) is 5.59.